The van der Waals surface area contributed by atoms with Gasteiger partial charge in [0.2, 0.25) is 5.78 Å². The Bertz CT molecular complexity index is 1190. The molecule has 6 heteroatoms. The number of hydrogen-bond donors (Lipinski definition) is 1. The third kappa shape index (κ3) is 5.86. The van der Waals surface area contributed by atoms with E-state index in [1.807, 2.05) is 91.9 Å². The molecule has 0 aromatic heterocycles. The fourth-order valence-electron chi connectivity index (χ4n) is 5.72. The number of benzene rings is 3. The van der Waals surface area contributed by atoms with Gasteiger partial charge in [0.05, 0.1) is 19.7 Å². The van der Waals surface area contributed by atoms with Crippen molar-refractivity contribution in [2.75, 3.05) is 38.1 Å². The first kappa shape index (κ1) is 25.0. The fourth-order valence-corrected chi connectivity index (χ4v) is 5.72. The van der Waals surface area contributed by atoms with Crippen LogP contribution in [0.15, 0.2) is 84.9 Å². The van der Waals surface area contributed by atoms with Gasteiger partial charge in [-0.25, -0.2) is 4.79 Å². The van der Waals surface area contributed by atoms with Gasteiger partial charge >= 0.3 is 5.97 Å². The summed E-state index contributed by atoms with van der Waals surface area (Å²) in [6.45, 7) is 5.56. The maximum atomic E-state index is 13.6. The van der Waals surface area contributed by atoms with Crippen molar-refractivity contribution in [3.63, 3.8) is 0 Å². The number of rotatable bonds is 10. The summed E-state index contributed by atoms with van der Waals surface area (Å²) in [7, 11) is 0. The molecule has 6 rings (SSSR count). The summed E-state index contributed by atoms with van der Waals surface area (Å²) >= 11 is 0. The number of carbonyl (C=O) groups excluding carboxylic acids is 2. The maximum Gasteiger partial charge on any atom is 0.333 e. The SMILES string of the molecule is CCOc1ccc(C(=O)C[N+]23CCC(CC2)[C@@H](OC(=O)C(Nc2ccccc2)c2ccccc2)C3)cc1. The van der Waals surface area contributed by atoms with Gasteiger partial charge < -0.3 is 19.3 Å². The van der Waals surface area contributed by atoms with Crippen molar-refractivity contribution in [3.05, 3.63) is 96.1 Å². The number of piperidine rings is 3. The molecule has 0 aliphatic carbocycles. The van der Waals surface area contributed by atoms with Crippen LogP contribution in [0.1, 0.15) is 41.7 Å². The third-order valence-corrected chi connectivity index (χ3v) is 7.73. The molecule has 2 atom stereocenters. The van der Waals surface area contributed by atoms with Crippen molar-refractivity contribution < 1.29 is 23.5 Å². The van der Waals surface area contributed by atoms with E-state index in [1.54, 1.807) is 0 Å². The fraction of sp³-hybridized carbons (Fsp3) is 0.355. The largest absolute Gasteiger partial charge is 0.494 e. The second-order valence-corrected chi connectivity index (χ2v) is 10.2. The molecule has 3 heterocycles. The zero-order valence-corrected chi connectivity index (χ0v) is 21.3. The third-order valence-electron chi connectivity index (χ3n) is 7.73. The van der Waals surface area contributed by atoms with E-state index in [-0.39, 0.29) is 17.9 Å². The number of hydrogen-bond acceptors (Lipinski definition) is 5. The first-order valence-corrected chi connectivity index (χ1v) is 13.2. The summed E-state index contributed by atoms with van der Waals surface area (Å²) in [5, 5.41) is 3.36. The molecule has 0 spiro atoms. The molecule has 3 aliphatic rings. The monoisotopic (exact) mass is 499 g/mol. The number of carbonyl (C=O) groups is 2. The first-order chi connectivity index (χ1) is 18.0. The van der Waals surface area contributed by atoms with E-state index in [0.29, 0.717) is 35.7 Å². The summed E-state index contributed by atoms with van der Waals surface area (Å²) in [6, 6.07) is 26.2. The minimum absolute atomic E-state index is 0.126. The lowest BCUT2D eigenvalue weighted by Gasteiger charge is -2.51. The number of ether oxygens (including phenoxy) is 2. The van der Waals surface area contributed by atoms with Crippen LogP contribution < -0.4 is 10.1 Å². The van der Waals surface area contributed by atoms with Crippen molar-refractivity contribution in [2.24, 2.45) is 5.92 Å². The maximum absolute atomic E-state index is 13.6. The number of anilines is 1. The van der Waals surface area contributed by atoms with Crippen LogP contribution in [0.3, 0.4) is 0 Å². The molecule has 3 saturated heterocycles. The van der Waals surface area contributed by atoms with E-state index in [2.05, 4.69) is 5.32 Å². The van der Waals surface area contributed by atoms with Crippen LogP contribution in [0, 0.1) is 5.92 Å². The zero-order valence-electron chi connectivity index (χ0n) is 21.3. The Morgan fingerprint density at radius 3 is 2.22 bits per heavy atom. The summed E-state index contributed by atoms with van der Waals surface area (Å²) < 4.78 is 12.4. The van der Waals surface area contributed by atoms with E-state index in [1.165, 1.54) is 0 Å². The van der Waals surface area contributed by atoms with Crippen molar-refractivity contribution in [1.82, 2.24) is 0 Å². The van der Waals surface area contributed by atoms with Gasteiger partial charge in [-0.3, -0.25) is 4.79 Å². The van der Waals surface area contributed by atoms with Gasteiger partial charge in [-0.05, 0) is 48.9 Å². The molecule has 1 unspecified atom stereocenters. The van der Waals surface area contributed by atoms with Gasteiger partial charge in [-0.2, -0.15) is 0 Å². The van der Waals surface area contributed by atoms with Crippen LogP contribution in [0.4, 0.5) is 5.69 Å². The molecule has 3 fully saturated rings. The van der Waals surface area contributed by atoms with Crippen LogP contribution in [0.25, 0.3) is 0 Å². The summed E-state index contributed by atoms with van der Waals surface area (Å²) in [5.41, 5.74) is 2.44. The Kier molecular flexibility index (Phi) is 7.56. The van der Waals surface area contributed by atoms with Crippen molar-refractivity contribution >= 4 is 17.4 Å². The molecule has 2 bridgehead atoms. The second-order valence-electron chi connectivity index (χ2n) is 10.2. The first-order valence-electron chi connectivity index (χ1n) is 13.2. The predicted molar refractivity (Wildman–Crippen MR) is 144 cm³/mol. The molecule has 3 aromatic carbocycles. The highest BCUT2D eigenvalue weighted by atomic mass is 16.5. The van der Waals surface area contributed by atoms with Gasteiger partial charge in [0, 0.05) is 30.0 Å². The molecular weight excluding hydrogens is 464 g/mol. The van der Waals surface area contributed by atoms with Gasteiger partial charge in [0.25, 0.3) is 0 Å². The molecule has 3 aromatic rings. The molecule has 0 radical (unpaired) electrons. The number of nitrogens with one attached hydrogen (secondary N) is 1. The van der Waals surface area contributed by atoms with Crippen molar-refractivity contribution in [1.29, 1.82) is 0 Å². The number of para-hydroxylation sites is 1. The number of esters is 1. The lowest BCUT2D eigenvalue weighted by molar-refractivity contribution is -0.938. The summed E-state index contributed by atoms with van der Waals surface area (Å²) in [6.07, 6.45) is 1.75. The Morgan fingerprint density at radius 2 is 1.57 bits per heavy atom. The van der Waals surface area contributed by atoms with E-state index in [0.717, 1.165) is 42.9 Å². The van der Waals surface area contributed by atoms with E-state index in [9.17, 15) is 9.59 Å². The molecule has 1 N–H and O–H groups in total. The second kappa shape index (κ2) is 11.2. The molecule has 192 valence electrons. The van der Waals surface area contributed by atoms with Crippen LogP contribution in [-0.4, -0.2) is 55.1 Å². The van der Waals surface area contributed by atoms with Crippen LogP contribution in [-0.2, 0) is 9.53 Å². The topological polar surface area (TPSA) is 64.6 Å². The van der Waals surface area contributed by atoms with Gasteiger partial charge in [0.15, 0.2) is 12.1 Å². The van der Waals surface area contributed by atoms with Crippen LogP contribution in [0.2, 0.25) is 0 Å². The standard InChI is InChI=1S/C31H35N2O4/c1-2-36-27-15-13-23(14-16-27)28(34)21-33-19-17-24(18-20-33)29(22-33)37-31(35)30(25-9-5-3-6-10-25)32-26-11-7-4-8-12-26/h3-16,24,29-30,32H,2,17-22H2,1H3/q+1/t24?,29-,30?,33?/m0/s1. The van der Waals surface area contributed by atoms with Crippen molar-refractivity contribution in [3.8, 4) is 5.75 Å². The summed E-state index contributed by atoms with van der Waals surface area (Å²) in [4.78, 5) is 26.8. The Balaban J connectivity index is 1.28. The Labute approximate surface area is 218 Å². The van der Waals surface area contributed by atoms with Gasteiger partial charge in [-0.1, -0.05) is 48.5 Å². The lowest BCUT2D eigenvalue weighted by Crippen LogP contribution is -2.65. The van der Waals surface area contributed by atoms with E-state index < -0.39 is 6.04 Å². The highest BCUT2D eigenvalue weighted by Crippen LogP contribution is 2.37. The van der Waals surface area contributed by atoms with Crippen LogP contribution in [0.5, 0.6) is 5.75 Å². The van der Waals surface area contributed by atoms with Crippen LogP contribution >= 0.6 is 0 Å². The molecule has 37 heavy (non-hydrogen) atoms. The number of ketones is 1. The number of quaternary nitrogens is 1. The normalized spacial score (nSPS) is 23.2. The van der Waals surface area contributed by atoms with Gasteiger partial charge in [0.1, 0.15) is 18.8 Å². The van der Waals surface area contributed by atoms with E-state index in [4.69, 9.17) is 9.47 Å². The molecule has 0 amide bonds. The average molecular weight is 500 g/mol. The Hall–Kier alpha value is -3.64. The summed E-state index contributed by atoms with van der Waals surface area (Å²) in [5.74, 6) is 0.970. The lowest BCUT2D eigenvalue weighted by atomic mass is 9.82. The predicted octanol–water partition coefficient (Wildman–Crippen LogP) is 5.27. The number of Topliss-reactive ketones (excluding diaryl/α,β-unsaturated/α-hetero) is 1. The smallest absolute Gasteiger partial charge is 0.333 e. The zero-order chi connectivity index (χ0) is 25.7. The number of nitrogens with zero attached hydrogens (tertiary/aromatic N) is 1. The quantitative estimate of drug-likeness (QED) is 0.234. The average Bonchev–Trinajstić information content (AvgIpc) is 2.94. The van der Waals surface area contributed by atoms with E-state index >= 15 is 0 Å². The highest BCUT2D eigenvalue weighted by Gasteiger charge is 2.49. The highest BCUT2D eigenvalue weighted by molar-refractivity contribution is 5.97. The number of fused-ring (bicyclic) bond motifs is 3. The minimum Gasteiger partial charge on any atom is -0.494 e. The molecular formula is C31H35N2O4+. The van der Waals surface area contributed by atoms with Crippen molar-refractivity contribution in [2.45, 2.75) is 31.9 Å². The minimum atomic E-state index is -0.599. The molecule has 6 nitrogen and oxygen atoms in total. The molecule has 3 aliphatic heterocycles. The Morgan fingerprint density at radius 1 is 0.919 bits per heavy atom. The van der Waals surface area contributed by atoms with Gasteiger partial charge in [-0.15, -0.1) is 0 Å². The molecule has 0 saturated carbocycles.